The average Bonchev–Trinajstić information content (AvgIpc) is 2.92. The zero-order valence-corrected chi connectivity index (χ0v) is 11.2. The van der Waals surface area contributed by atoms with Crippen LogP contribution in [-0.2, 0) is 11.2 Å². The third-order valence-electron chi connectivity index (χ3n) is 2.72. The van der Waals surface area contributed by atoms with Crippen LogP contribution in [-0.4, -0.2) is 34.4 Å². The van der Waals surface area contributed by atoms with Crippen LogP contribution >= 0.6 is 0 Å². The smallest absolute Gasteiger partial charge is 0.335 e. The van der Waals surface area contributed by atoms with Gasteiger partial charge in [0.25, 0.3) is 0 Å². The number of aromatic carboxylic acids is 1. The summed E-state index contributed by atoms with van der Waals surface area (Å²) in [5.74, 6) is -0.0489. The first-order valence-corrected chi connectivity index (χ1v) is 6.44. The molecule has 0 spiro atoms. The van der Waals surface area contributed by atoms with Crippen molar-refractivity contribution < 1.29 is 19.2 Å². The van der Waals surface area contributed by atoms with Crippen molar-refractivity contribution in [1.82, 2.24) is 10.1 Å². The second-order valence-electron chi connectivity index (χ2n) is 4.20. The summed E-state index contributed by atoms with van der Waals surface area (Å²) >= 11 is 0. The number of hydrogen-bond donors (Lipinski definition) is 1. The number of ether oxygens (including phenoxy) is 1. The van der Waals surface area contributed by atoms with E-state index in [0.717, 1.165) is 6.42 Å². The first-order chi connectivity index (χ1) is 9.70. The van der Waals surface area contributed by atoms with E-state index in [1.54, 1.807) is 12.1 Å². The number of benzene rings is 1. The average molecular weight is 276 g/mol. The predicted molar refractivity (Wildman–Crippen MR) is 71.5 cm³/mol. The number of hydrogen-bond acceptors (Lipinski definition) is 5. The lowest BCUT2D eigenvalue weighted by molar-refractivity contribution is 0.0697. The molecule has 20 heavy (non-hydrogen) atoms. The zero-order valence-electron chi connectivity index (χ0n) is 11.2. The van der Waals surface area contributed by atoms with Gasteiger partial charge in [-0.3, -0.25) is 0 Å². The van der Waals surface area contributed by atoms with E-state index in [9.17, 15) is 4.79 Å². The number of aryl methyl sites for hydroxylation is 1. The largest absolute Gasteiger partial charge is 0.478 e. The van der Waals surface area contributed by atoms with Crippen molar-refractivity contribution in [2.75, 3.05) is 13.2 Å². The minimum Gasteiger partial charge on any atom is -0.478 e. The highest BCUT2D eigenvalue weighted by molar-refractivity contribution is 5.89. The van der Waals surface area contributed by atoms with E-state index in [1.807, 2.05) is 6.92 Å². The summed E-state index contributed by atoms with van der Waals surface area (Å²) in [5, 5.41) is 12.8. The molecule has 0 atom stereocenters. The first kappa shape index (κ1) is 14.2. The van der Waals surface area contributed by atoms with Gasteiger partial charge in [-0.05, 0) is 25.5 Å². The van der Waals surface area contributed by atoms with Crippen LogP contribution in [0.5, 0.6) is 0 Å². The Kier molecular flexibility index (Phi) is 4.84. The van der Waals surface area contributed by atoms with Gasteiger partial charge < -0.3 is 14.4 Å². The van der Waals surface area contributed by atoms with E-state index in [1.165, 1.54) is 12.1 Å². The number of aromatic nitrogens is 2. The molecule has 0 radical (unpaired) electrons. The van der Waals surface area contributed by atoms with Gasteiger partial charge in [-0.25, -0.2) is 4.79 Å². The van der Waals surface area contributed by atoms with Crippen molar-refractivity contribution in [2.45, 2.75) is 19.8 Å². The summed E-state index contributed by atoms with van der Waals surface area (Å²) in [6, 6.07) is 6.46. The fourth-order valence-corrected chi connectivity index (χ4v) is 1.73. The van der Waals surface area contributed by atoms with Crippen molar-refractivity contribution in [3.05, 3.63) is 35.7 Å². The molecule has 0 bridgehead atoms. The van der Waals surface area contributed by atoms with Crippen molar-refractivity contribution >= 4 is 5.97 Å². The summed E-state index contributed by atoms with van der Waals surface area (Å²) in [7, 11) is 0. The van der Waals surface area contributed by atoms with Crippen LogP contribution < -0.4 is 0 Å². The minimum atomic E-state index is -0.979. The molecule has 2 rings (SSSR count). The van der Waals surface area contributed by atoms with Crippen LogP contribution in [0.4, 0.5) is 0 Å². The van der Waals surface area contributed by atoms with Crippen molar-refractivity contribution in [2.24, 2.45) is 0 Å². The molecule has 6 heteroatoms. The van der Waals surface area contributed by atoms with Gasteiger partial charge >= 0.3 is 5.97 Å². The maximum atomic E-state index is 10.9. The molecule has 106 valence electrons. The maximum absolute atomic E-state index is 10.9. The van der Waals surface area contributed by atoms with Crippen LogP contribution in [0.3, 0.4) is 0 Å². The highest BCUT2D eigenvalue weighted by Gasteiger charge is 2.10. The zero-order chi connectivity index (χ0) is 14.4. The van der Waals surface area contributed by atoms with Gasteiger partial charge in [0.2, 0.25) is 11.7 Å². The van der Waals surface area contributed by atoms with Gasteiger partial charge in [-0.2, -0.15) is 4.98 Å². The Morgan fingerprint density at radius 2 is 2.30 bits per heavy atom. The minimum absolute atomic E-state index is 0.199. The van der Waals surface area contributed by atoms with E-state index >= 15 is 0 Å². The fraction of sp³-hybridized carbons (Fsp3) is 0.357. The van der Waals surface area contributed by atoms with Gasteiger partial charge in [0.1, 0.15) is 0 Å². The molecule has 1 aromatic carbocycles. The maximum Gasteiger partial charge on any atom is 0.335 e. The van der Waals surface area contributed by atoms with Gasteiger partial charge in [-0.1, -0.05) is 17.3 Å². The Morgan fingerprint density at radius 3 is 3.05 bits per heavy atom. The van der Waals surface area contributed by atoms with Crippen LogP contribution in [0.1, 0.15) is 29.6 Å². The highest BCUT2D eigenvalue weighted by Crippen LogP contribution is 2.17. The Labute approximate surface area is 116 Å². The van der Waals surface area contributed by atoms with Crippen molar-refractivity contribution in [1.29, 1.82) is 0 Å². The summed E-state index contributed by atoms with van der Waals surface area (Å²) in [5.41, 5.74) is 0.829. The Morgan fingerprint density at radius 1 is 1.45 bits per heavy atom. The molecule has 0 aliphatic heterocycles. The van der Waals surface area contributed by atoms with E-state index in [4.69, 9.17) is 14.4 Å². The monoisotopic (exact) mass is 276 g/mol. The lowest BCUT2D eigenvalue weighted by Gasteiger charge is -1.97. The number of carboxylic acids is 1. The van der Waals surface area contributed by atoms with Gasteiger partial charge in [0.15, 0.2) is 0 Å². The molecule has 0 fully saturated rings. The summed E-state index contributed by atoms with van der Waals surface area (Å²) < 4.78 is 10.4. The summed E-state index contributed by atoms with van der Waals surface area (Å²) in [4.78, 5) is 15.2. The van der Waals surface area contributed by atoms with Crippen molar-refractivity contribution in [3.8, 4) is 11.4 Å². The normalized spacial score (nSPS) is 10.7. The van der Waals surface area contributed by atoms with E-state index in [-0.39, 0.29) is 5.56 Å². The van der Waals surface area contributed by atoms with Crippen molar-refractivity contribution in [3.63, 3.8) is 0 Å². The second kappa shape index (κ2) is 6.81. The van der Waals surface area contributed by atoms with Crippen LogP contribution in [0, 0.1) is 0 Å². The lowest BCUT2D eigenvalue weighted by atomic mass is 10.1. The predicted octanol–water partition coefficient (Wildman–Crippen LogP) is 2.40. The summed E-state index contributed by atoms with van der Waals surface area (Å²) in [6.45, 7) is 3.29. The summed E-state index contributed by atoms with van der Waals surface area (Å²) in [6.07, 6.45) is 1.45. The standard InChI is InChI=1S/C14H16N2O4/c1-2-19-8-4-7-12-15-13(16-20-12)10-5-3-6-11(9-10)14(17)18/h3,5-6,9H,2,4,7-8H2,1H3,(H,17,18). The second-order valence-corrected chi connectivity index (χ2v) is 4.20. The quantitative estimate of drug-likeness (QED) is 0.781. The van der Waals surface area contributed by atoms with Crippen LogP contribution in [0.2, 0.25) is 0 Å². The molecule has 0 unspecified atom stereocenters. The molecule has 0 amide bonds. The first-order valence-electron chi connectivity index (χ1n) is 6.44. The Hall–Kier alpha value is -2.21. The molecule has 2 aromatic rings. The number of carboxylic acid groups (broad SMARTS) is 1. The van der Waals surface area contributed by atoms with E-state index < -0.39 is 5.97 Å². The SMILES string of the molecule is CCOCCCc1nc(-c2cccc(C(=O)O)c2)no1. The fourth-order valence-electron chi connectivity index (χ4n) is 1.73. The molecule has 1 heterocycles. The molecular formula is C14H16N2O4. The van der Waals surface area contributed by atoms with Gasteiger partial charge in [-0.15, -0.1) is 0 Å². The molecule has 0 saturated carbocycles. The lowest BCUT2D eigenvalue weighted by Crippen LogP contribution is -1.97. The molecule has 0 aliphatic carbocycles. The number of nitrogens with zero attached hydrogens (tertiary/aromatic N) is 2. The molecular weight excluding hydrogens is 260 g/mol. The van der Waals surface area contributed by atoms with Crippen LogP contribution in [0.15, 0.2) is 28.8 Å². The van der Waals surface area contributed by atoms with E-state index in [2.05, 4.69) is 10.1 Å². The third-order valence-corrected chi connectivity index (χ3v) is 2.72. The van der Waals surface area contributed by atoms with E-state index in [0.29, 0.717) is 36.9 Å². The topological polar surface area (TPSA) is 85.5 Å². The molecule has 1 N–H and O–H groups in total. The molecule has 6 nitrogen and oxygen atoms in total. The number of rotatable bonds is 7. The van der Waals surface area contributed by atoms with Gasteiger partial charge in [0.05, 0.1) is 5.56 Å². The number of carbonyl (C=O) groups is 1. The molecule has 0 aliphatic rings. The molecule has 0 saturated heterocycles. The Balaban J connectivity index is 2.04. The third kappa shape index (κ3) is 3.64. The van der Waals surface area contributed by atoms with Gasteiger partial charge in [0, 0.05) is 25.2 Å². The Bertz CT molecular complexity index is 580. The molecule has 1 aromatic heterocycles. The highest BCUT2D eigenvalue weighted by atomic mass is 16.5. The van der Waals surface area contributed by atoms with Crippen LogP contribution in [0.25, 0.3) is 11.4 Å².